The maximum absolute atomic E-state index is 13.1. The number of fused-ring (bicyclic) bond motifs is 1. The molecule has 1 aliphatic heterocycles. The van der Waals surface area contributed by atoms with Crippen LogP contribution < -0.4 is 0 Å². The Balaban J connectivity index is 1.82. The summed E-state index contributed by atoms with van der Waals surface area (Å²) in [5.74, 6) is 0.0981. The zero-order valence-corrected chi connectivity index (χ0v) is 16.0. The maximum Gasteiger partial charge on any atom is 0.273 e. The van der Waals surface area contributed by atoms with E-state index in [4.69, 9.17) is 4.74 Å². The van der Waals surface area contributed by atoms with Gasteiger partial charge in [0.05, 0.1) is 11.7 Å². The molecule has 2 aromatic carbocycles. The SMILES string of the molecule is COCCCN1C(=O)c2[nH]nc(-c3ccc(C)cc3)c2C1c1cccc(O)c1. The zero-order valence-electron chi connectivity index (χ0n) is 16.0. The number of ether oxygens (including phenoxy) is 1. The Bertz CT molecular complexity index is 995. The van der Waals surface area contributed by atoms with Crippen molar-refractivity contribution in [1.82, 2.24) is 15.1 Å². The Kier molecular flexibility index (Phi) is 4.88. The Hall–Kier alpha value is -3.12. The molecule has 0 fully saturated rings. The summed E-state index contributed by atoms with van der Waals surface area (Å²) in [5, 5.41) is 17.4. The summed E-state index contributed by atoms with van der Waals surface area (Å²) in [4.78, 5) is 14.9. The highest BCUT2D eigenvalue weighted by Gasteiger charge is 2.41. The quantitative estimate of drug-likeness (QED) is 0.643. The number of rotatable bonds is 6. The van der Waals surface area contributed by atoms with E-state index < -0.39 is 0 Å². The minimum atomic E-state index is -0.304. The number of aromatic hydroxyl groups is 1. The number of carbonyl (C=O) groups is 1. The van der Waals surface area contributed by atoms with Gasteiger partial charge in [-0.25, -0.2) is 0 Å². The highest BCUT2D eigenvalue weighted by Crippen LogP contribution is 2.43. The van der Waals surface area contributed by atoms with Gasteiger partial charge < -0.3 is 14.7 Å². The number of phenolic OH excluding ortho intramolecular Hbond substituents is 1. The number of aromatic amines is 1. The molecular formula is C22H23N3O3. The van der Waals surface area contributed by atoms with E-state index in [0.717, 1.165) is 34.4 Å². The number of amides is 1. The third kappa shape index (κ3) is 3.16. The highest BCUT2D eigenvalue weighted by molar-refractivity contribution is 6.00. The molecule has 1 unspecified atom stereocenters. The number of nitrogens with zero attached hydrogens (tertiary/aromatic N) is 2. The lowest BCUT2D eigenvalue weighted by molar-refractivity contribution is 0.0723. The largest absolute Gasteiger partial charge is 0.508 e. The van der Waals surface area contributed by atoms with Crippen molar-refractivity contribution in [2.24, 2.45) is 0 Å². The number of hydrogen-bond acceptors (Lipinski definition) is 4. The van der Waals surface area contributed by atoms with Gasteiger partial charge in [-0.3, -0.25) is 9.89 Å². The third-order valence-corrected chi connectivity index (χ3v) is 5.12. The minimum Gasteiger partial charge on any atom is -0.508 e. The summed E-state index contributed by atoms with van der Waals surface area (Å²) in [6.07, 6.45) is 0.731. The lowest BCUT2D eigenvalue weighted by atomic mass is 9.95. The molecule has 3 aromatic rings. The molecule has 2 heterocycles. The van der Waals surface area contributed by atoms with Crippen molar-refractivity contribution in [3.05, 3.63) is 70.9 Å². The van der Waals surface area contributed by atoms with Gasteiger partial charge in [-0.2, -0.15) is 5.10 Å². The standard InChI is InChI=1S/C22H23N3O3/c1-14-7-9-15(10-8-14)19-18-20(24-23-19)22(27)25(11-4-12-28-2)21(18)16-5-3-6-17(26)13-16/h3,5-10,13,21,26H,4,11-12H2,1-2H3,(H,23,24). The molecule has 0 saturated heterocycles. The van der Waals surface area contributed by atoms with Gasteiger partial charge in [0.1, 0.15) is 11.4 Å². The molecule has 4 rings (SSSR count). The van der Waals surface area contributed by atoms with Crippen molar-refractivity contribution in [3.63, 3.8) is 0 Å². The molecule has 0 radical (unpaired) electrons. The van der Waals surface area contributed by atoms with Gasteiger partial charge in [-0.1, -0.05) is 42.0 Å². The van der Waals surface area contributed by atoms with Crippen molar-refractivity contribution in [1.29, 1.82) is 0 Å². The Morgan fingerprint density at radius 2 is 2.00 bits per heavy atom. The van der Waals surface area contributed by atoms with Gasteiger partial charge >= 0.3 is 0 Å². The smallest absolute Gasteiger partial charge is 0.273 e. The average Bonchev–Trinajstić information content (AvgIpc) is 3.22. The van der Waals surface area contributed by atoms with Crippen LogP contribution in [0, 0.1) is 6.92 Å². The van der Waals surface area contributed by atoms with E-state index in [9.17, 15) is 9.90 Å². The summed E-state index contributed by atoms with van der Waals surface area (Å²) in [5.41, 5.74) is 5.13. The van der Waals surface area contributed by atoms with Gasteiger partial charge in [-0.05, 0) is 31.0 Å². The highest BCUT2D eigenvalue weighted by atomic mass is 16.5. The average molecular weight is 377 g/mol. The van der Waals surface area contributed by atoms with Crippen LogP contribution in [0.1, 0.15) is 39.6 Å². The lowest BCUT2D eigenvalue weighted by Crippen LogP contribution is -2.31. The van der Waals surface area contributed by atoms with Gasteiger partial charge in [0.2, 0.25) is 0 Å². The van der Waals surface area contributed by atoms with E-state index >= 15 is 0 Å². The molecule has 6 nitrogen and oxygen atoms in total. The molecule has 144 valence electrons. The second-order valence-corrected chi connectivity index (χ2v) is 7.07. The van der Waals surface area contributed by atoms with Crippen LogP contribution in [-0.4, -0.2) is 46.4 Å². The summed E-state index contributed by atoms with van der Waals surface area (Å²) < 4.78 is 5.16. The lowest BCUT2D eigenvalue weighted by Gasteiger charge is -2.26. The fourth-order valence-electron chi connectivity index (χ4n) is 3.78. The normalized spacial score (nSPS) is 15.9. The molecule has 1 aromatic heterocycles. The van der Waals surface area contributed by atoms with Crippen LogP contribution in [0.3, 0.4) is 0 Å². The zero-order chi connectivity index (χ0) is 19.7. The van der Waals surface area contributed by atoms with E-state index in [-0.39, 0.29) is 17.7 Å². The van der Waals surface area contributed by atoms with Crippen molar-refractivity contribution < 1.29 is 14.6 Å². The number of carbonyl (C=O) groups excluding carboxylic acids is 1. The summed E-state index contributed by atoms with van der Waals surface area (Å²) in [6.45, 7) is 3.17. The van der Waals surface area contributed by atoms with Gasteiger partial charge in [0.25, 0.3) is 5.91 Å². The van der Waals surface area contributed by atoms with Gasteiger partial charge in [0, 0.05) is 31.4 Å². The Labute approximate surface area is 163 Å². The molecule has 2 N–H and O–H groups in total. The van der Waals surface area contributed by atoms with E-state index in [0.29, 0.717) is 18.8 Å². The molecule has 0 aliphatic carbocycles. The van der Waals surface area contributed by atoms with Crippen LogP contribution in [0.5, 0.6) is 5.75 Å². The fraction of sp³-hybridized carbons (Fsp3) is 0.273. The number of hydrogen-bond donors (Lipinski definition) is 2. The second-order valence-electron chi connectivity index (χ2n) is 7.07. The molecule has 28 heavy (non-hydrogen) atoms. The maximum atomic E-state index is 13.1. The molecule has 0 spiro atoms. The number of phenols is 1. The first-order valence-corrected chi connectivity index (χ1v) is 9.34. The predicted octanol–water partition coefficient (Wildman–Crippen LogP) is 3.67. The number of aryl methyl sites for hydroxylation is 1. The summed E-state index contributed by atoms with van der Waals surface area (Å²) >= 11 is 0. The van der Waals surface area contributed by atoms with Crippen molar-refractivity contribution in [2.75, 3.05) is 20.3 Å². The number of methoxy groups -OCH3 is 1. The Morgan fingerprint density at radius 1 is 1.21 bits per heavy atom. The number of nitrogens with one attached hydrogen (secondary N) is 1. The van der Waals surface area contributed by atoms with Crippen molar-refractivity contribution >= 4 is 5.91 Å². The summed E-state index contributed by atoms with van der Waals surface area (Å²) in [7, 11) is 1.65. The molecule has 1 atom stereocenters. The van der Waals surface area contributed by atoms with E-state index in [1.165, 1.54) is 0 Å². The predicted molar refractivity (Wildman–Crippen MR) is 106 cm³/mol. The van der Waals surface area contributed by atoms with E-state index in [1.807, 2.05) is 42.2 Å². The second kappa shape index (κ2) is 7.48. The first kappa shape index (κ1) is 18.3. The number of aromatic nitrogens is 2. The van der Waals surface area contributed by atoms with Gasteiger partial charge in [-0.15, -0.1) is 0 Å². The molecule has 6 heteroatoms. The van der Waals surface area contributed by atoms with E-state index in [2.05, 4.69) is 10.2 Å². The number of H-pyrrole nitrogens is 1. The molecule has 0 saturated carbocycles. The molecule has 1 aliphatic rings. The molecule has 0 bridgehead atoms. The van der Waals surface area contributed by atoms with Crippen LogP contribution in [0.4, 0.5) is 0 Å². The van der Waals surface area contributed by atoms with E-state index in [1.54, 1.807) is 25.3 Å². The third-order valence-electron chi connectivity index (χ3n) is 5.12. The van der Waals surface area contributed by atoms with Crippen LogP contribution in [0.2, 0.25) is 0 Å². The van der Waals surface area contributed by atoms with Crippen LogP contribution in [0.15, 0.2) is 48.5 Å². The molecule has 1 amide bonds. The first-order valence-electron chi connectivity index (χ1n) is 9.34. The van der Waals surface area contributed by atoms with Crippen LogP contribution in [-0.2, 0) is 4.74 Å². The van der Waals surface area contributed by atoms with Crippen molar-refractivity contribution in [3.8, 4) is 17.0 Å². The topological polar surface area (TPSA) is 78.5 Å². The monoisotopic (exact) mass is 377 g/mol. The minimum absolute atomic E-state index is 0.0784. The number of benzene rings is 2. The van der Waals surface area contributed by atoms with Crippen molar-refractivity contribution in [2.45, 2.75) is 19.4 Å². The molecular weight excluding hydrogens is 354 g/mol. The van der Waals surface area contributed by atoms with Gasteiger partial charge in [0.15, 0.2) is 0 Å². The first-order chi connectivity index (χ1) is 13.6. The summed E-state index contributed by atoms with van der Waals surface area (Å²) in [6, 6.07) is 14.9. The Morgan fingerprint density at radius 3 is 2.71 bits per heavy atom. The van der Waals surface area contributed by atoms with Crippen LogP contribution >= 0.6 is 0 Å². The van der Waals surface area contributed by atoms with Crippen LogP contribution in [0.25, 0.3) is 11.3 Å². The fourth-order valence-corrected chi connectivity index (χ4v) is 3.78.